The largest absolute Gasteiger partial charge is 0.394 e. The average Bonchev–Trinajstić information content (AvgIpc) is 3.03. The van der Waals surface area contributed by atoms with Crippen LogP contribution in [-0.4, -0.2) is 73.7 Å². The second-order valence-electron chi connectivity index (χ2n) is 11.8. The van der Waals surface area contributed by atoms with E-state index in [1.165, 1.54) is 24.3 Å². The molecule has 1 saturated heterocycles. The molecule has 10 nitrogen and oxygen atoms in total. The van der Waals surface area contributed by atoms with Crippen LogP contribution >= 0.6 is 0 Å². The Bertz CT molecular complexity index is 1860. The van der Waals surface area contributed by atoms with Gasteiger partial charge in [0.15, 0.2) is 0 Å². The third-order valence-electron chi connectivity index (χ3n) is 7.84. The first-order valence-electron chi connectivity index (χ1n) is 14.3. The molecule has 0 spiro atoms. The second kappa shape index (κ2) is 12.4. The van der Waals surface area contributed by atoms with E-state index in [-0.39, 0.29) is 28.3 Å². The Kier molecular flexibility index (Phi) is 8.92. The Morgan fingerprint density at radius 1 is 0.909 bits per heavy atom. The Hall–Kier alpha value is -3.68. The van der Waals surface area contributed by atoms with Crippen LogP contribution in [0.15, 0.2) is 101 Å². The van der Waals surface area contributed by atoms with E-state index in [0.717, 1.165) is 14.2 Å². The van der Waals surface area contributed by atoms with Gasteiger partial charge in [0.1, 0.15) is 6.04 Å². The number of hydrogen-bond acceptors (Lipinski definition) is 7. The van der Waals surface area contributed by atoms with Gasteiger partial charge < -0.3 is 10.4 Å². The van der Waals surface area contributed by atoms with E-state index in [2.05, 4.69) is 10.3 Å². The number of aromatic nitrogens is 1. The Balaban J connectivity index is 1.49. The molecule has 2 heterocycles. The average molecular weight is 637 g/mol. The minimum absolute atomic E-state index is 0.0355. The highest BCUT2D eigenvalue weighted by Crippen LogP contribution is 2.29. The zero-order valence-corrected chi connectivity index (χ0v) is 26.4. The molecule has 1 aliphatic heterocycles. The lowest BCUT2D eigenvalue weighted by atomic mass is 9.87. The van der Waals surface area contributed by atoms with Gasteiger partial charge in [-0.15, -0.1) is 0 Å². The number of benzene rings is 3. The first-order valence-corrected chi connectivity index (χ1v) is 17.1. The monoisotopic (exact) mass is 636 g/mol. The van der Waals surface area contributed by atoms with Crippen LogP contribution < -0.4 is 5.32 Å². The number of aliphatic hydroxyl groups is 1. The van der Waals surface area contributed by atoms with Crippen molar-refractivity contribution in [3.8, 4) is 0 Å². The van der Waals surface area contributed by atoms with Crippen LogP contribution in [-0.2, 0) is 30.3 Å². The summed E-state index contributed by atoms with van der Waals surface area (Å²) in [6.07, 6.45) is 1.61. The molecule has 1 aliphatic rings. The number of fused-ring (bicyclic) bond motifs is 1. The van der Waals surface area contributed by atoms with Crippen LogP contribution in [0.5, 0.6) is 0 Å². The standard InChI is InChI=1S/C32H36N4O6S2/c1-32(2,3)25-11-13-26(14-12-25)43(39,40)35-18-19-36(44(41,42)27-15-16-28-24(20-27)10-7-17-33-28)30(21-35)31(38)34-29(22-37)23-8-5-4-6-9-23/h4-17,20,29-30,37H,18-19,21-22H2,1-3H3,(H,34,38)/t29-,30+/m0/s1. The van der Waals surface area contributed by atoms with Crippen molar-refractivity contribution in [2.45, 2.75) is 48.1 Å². The molecule has 1 amide bonds. The fourth-order valence-electron chi connectivity index (χ4n) is 5.27. The van der Waals surface area contributed by atoms with E-state index >= 15 is 0 Å². The van der Waals surface area contributed by atoms with Crippen LogP contribution in [0.25, 0.3) is 10.9 Å². The van der Waals surface area contributed by atoms with Crippen LogP contribution in [0.4, 0.5) is 0 Å². The molecular weight excluding hydrogens is 601 g/mol. The van der Waals surface area contributed by atoms with Gasteiger partial charge in [-0.2, -0.15) is 8.61 Å². The number of aliphatic hydroxyl groups excluding tert-OH is 1. The fraction of sp³-hybridized carbons (Fsp3) is 0.312. The predicted molar refractivity (Wildman–Crippen MR) is 168 cm³/mol. The molecule has 2 N–H and O–H groups in total. The number of rotatable bonds is 8. The molecule has 1 fully saturated rings. The van der Waals surface area contributed by atoms with Crippen molar-refractivity contribution in [3.05, 3.63) is 102 Å². The zero-order chi connectivity index (χ0) is 31.7. The fourth-order valence-corrected chi connectivity index (χ4v) is 8.32. The molecule has 4 aromatic rings. The number of carbonyl (C=O) groups is 1. The molecule has 5 rings (SSSR count). The normalized spacial score (nSPS) is 17.8. The van der Waals surface area contributed by atoms with Gasteiger partial charge in [-0.3, -0.25) is 9.78 Å². The van der Waals surface area contributed by atoms with E-state index in [0.29, 0.717) is 16.5 Å². The molecule has 0 aliphatic carbocycles. The molecule has 2 atom stereocenters. The molecule has 0 unspecified atom stereocenters. The second-order valence-corrected chi connectivity index (χ2v) is 15.6. The summed E-state index contributed by atoms with van der Waals surface area (Å²) < 4.78 is 57.8. The van der Waals surface area contributed by atoms with Crippen molar-refractivity contribution in [1.29, 1.82) is 0 Å². The summed E-state index contributed by atoms with van der Waals surface area (Å²) in [5, 5.41) is 13.4. The summed E-state index contributed by atoms with van der Waals surface area (Å²) >= 11 is 0. The Morgan fingerprint density at radius 3 is 2.25 bits per heavy atom. The SMILES string of the molecule is CC(C)(C)c1ccc(S(=O)(=O)N2CCN(S(=O)(=O)c3ccc4ncccc4c3)[C@@H](C(=O)N[C@@H](CO)c3ccccc3)C2)cc1. The van der Waals surface area contributed by atoms with Gasteiger partial charge in [0.05, 0.1) is 28.0 Å². The molecule has 44 heavy (non-hydrogen) atoms. The number of pyridine rings is 1. The third-order valence-corrected chi connectivity index (χ3v) is 11.6. The highest BCUT2D eigenvalue weighted by Gasteiger charge is 2.44. The van der Waals surface area contributed by atoms with E-state index in [1.54, 1.807) is 66.9 Å². The Morgan fingerprint density at radius 2 is 1.59 bits per heavy atom. The first-order chi connectivity index (χ1) is 20.8. The summed E-state index contributed by atoms with van der Waals surface area (Å²) in [6, 6.07) is 21.1. The smallest absolute Gasteiger partial charge is 0.243 e. The van der Waals surface area contributed by atoms with Crippen LogP contribution in [0.3, 0.4) is 0 Å². The minimum Gasteiger partial charge on any atom is -0.394 e. The number of hydrogen-bond donors (Lipinski definition) is 2. The number of carbonyl (C=O) groups excluding carboxylic acids is 1. The summed E-state index contributed by atoms with van der Waals surface area (Å²) in [5.41, 5.74) is 2.03. The van der Waals surface area contributed by atoms with Gasteiger partial charge >= 0.3 is 0 Å². The van der Waals surface area contributed by atoms with Crippen LogP contribution in [0, 0.1) is 0 Å². The van der Waals surface area contributed by atoms with E-state index in [1.807, 2.05) is 20.8 Å². The number of sulfonamides is 2. The van der Waals surface area contributed by atoms with Crippen molar-refractivity contribution < 1.29 is 26.7 Å². The molecule has 232 valence electrons. The number of nitrogens with one attached hydrogen (secondary N) is 1. The highest BCUT2D eigenvalue weighted by molar-refractivity contribution is 7.89. The van der Waals surface area contributed by atoms with E-state index < -0.39 is 51.2 Å². The van der Waals surface area contributed by atoms with Crippen molar-refractivity contribution in [2.24, 2.45) is 0 Å². The van der Waals surface area contributed by atoms with Crippen LogP contribution in [0.1, 0.15) is 37.9 Å². The lowest BCUT2D eigenvalue weighted by Gasteiger charge is -2.39. The van der Waals surface area contributed by atoms with Crippen molar-refractivity contribution in [1.82, 2.24) is 18.9 Å². The van der Waals surface area contributed by atoms with Gasteiger partial charge in [0.2, 0.25) is 26.0 Å². The molecular formula is C32H36N4O6S2. The highest BCUT2D eigenvalue weighted by atomic mass is 32.2. The van der Waals surface area contributed by atoms with Crippen molar-refractivity contribution >= 4 is 36.9 Å². The maximum atomic E-state index is 14.0. The molecule has 0 saturated carbocycles. The van der Waals surface area contributed by atoms with E-state index in [9.17, 15) is 26.7 Å². The molecule has 1 aromatic heterocycles. The minimum atomic E-state index is -4.25. The van der Waals surface area contributed by atoms with Crippen molar-refractivity contribution in [2.75, 3.05) is 26.2 Å². The zero-order valence-electron chi connectivity index (χ0n) is 24.8. The Labute approximate surface area is 258 Å². The lowest BCUT2D eigenvalue weighted by molar-refractivity contribution is -0.127. The maximum absolute atomic E-state index is 14.0. The number of nitrogens with zero attached hydrogens (tertiary/aromatic N) is 3. The van der Waals surface area contributed by atoms with Gasteiger partial charge in [0, 0.05) is 31.2 Å². The summed E-state index contributed by atoms with van der Waals surface area (Å²) in [5.74, 6) is -0.720. The maximum Gasteiger partial charge on any atom is 0.243 e. The molecule has 0 bridgehead atoms. The molecule has 3 aromatic carbocycles. The van der Waals surface area contributed by atoms with Gasteiger partial charge in [-0.05, 0) is 52.9 Å². The topological polar surface area (TPSA) is 137 Å². The number of piperazine rings is 1. The molecule has 0 radical (unpaired) electrons. The number of amides is 1. The van der Waals surface area contributed by atoms with E-state index in [4.69, 9.17) is 0 Å². The quantitative estimate of drug-likeness (QED) is 0.302. The summed E-state index contributed by atoms with van der Waals surface area (Å²) in [4.78, 5) is 18.1. The summed E-state index contributed by atoms with van der Waals surface area (Å²) in [6.45, 7) is 4.84. The third kappa shape index (κ3) is 6.40. The van der Waals surface area contributed by atoms with Crippen LogP contribution in [0.2, 0.25) is 0 Å². The van der Waals surface area contributed by atoms with Gasteiger partial charge in [-0.25, -0.2) is 16.8 Å². The van der Waals surface area contributed by atoms with Gasteiger partial charge in [-0.1, -0.05) is 69.3 Å². The van der Waals surface area contributed by atoms with Gasteiger partial charge in [0.25, 0.3) is 0 Å². The molecule has 12 heteroatoms. The van der Waals surface area contributed by atoms with Crippen molar-refractivity contribution in [3.63, 3.8) is 0 Å². The lowest BCUT2D eigenvalue weighted by Crippen LogP contribution is -2.61. The first kappa shape index (κ1) is 31.7. The summed E-state index contributed by atoms with van der Waals surface area (Å²) in [7, 11) is -8.31. The predicted octanol–water partition coefficient (Wildman–Crippen LogP) is 3.45.